The summed E-state index contributed by atoms with van der Waals surface area (Å²) in [7, 11) is 1.58. The molecule has 0 saturated heterocycles. The van der Waals surface area contributed by atoms with E-state index in [1.807, 2.05) is 6.07 Å². The predicted octanol–water partition coefficient (Wildman–Crippen LogP) is 0.664. The van der Waals surface area contributed by atoms with Crippen LogP contribution in [-0.2, 0) is 7.05 Å². The van der Waals surface area contributed by atoms with Gasteiger partial charge in [0.15, 0.2) is 0 Å². The molecule has 1 rings (SSSR count). The largest absolute Gasteiger partial charge is 0.395 e. The van der Waals surface area contributed by atoms with Crippen LogP contribution >= 0.6 is 0 Å². The SMILES string of the molecule is Cc1nn(C)c(N(CCO)CC(F)F)c1C#N. The standard InChI is InChI=1S/C10H14F2N4O/c1-7-8(5-13)10(15(2)14-7)16(3-4-17)6-9(11)12/h9,17H,3-4,6H2,1-2H3. The van der Waals surface area contributed by atoms with E-state index >= 15 is 0 Å². The van der Waals surface area contributed by atoms with Gasteiger partial charge in [0.1, 0.15) is 17.5 Å². The molecule has 0 aliphatic rings. The Morgan fingerprint density at radius 1 is 1.59 bits per heavy atom. The molecule has 7 heteroatoms. The van der Waals surface area contributed by atoms with E-state index in [4.69, 9.17) is 10.4 Å². The third kappa shape index (κ3) is 2.91. The van der Waals surface area contributed by atoms with Crippen molar-refractivity contribution >= 4 is 5.82 Å². The summed E-state index contributed by atoms with van der Waals surface area (Å²) in [6.45, 7) is 0.885. The fraction of sp³-hybridized carbons (Fsp3) is 0.600. The molecule has 0 spiro atoms. The third-order valence-corrected chi connectivity index (χ3v) is 2.33. The molecule has 0 aliphatic heterocycles. The van der Waals surface area contributed by atoms with Crippen LogP contribution < -0.4 is 4.90 Å². The van der Waals surface area contributed by atoms with E-state index in [9.17, 15) is 8.78 Å². The molecule has 0 radical (unpaired) electrons. The molecule has 17 heavy (non-hydrogen) atoms. The monoisotopic (exact) mass is 244 g/mol. The number of aryl methyl sites for hydroxylation is 2. The first kappa shape index (κ1) is 13.4. The summed E-state index contributed by atoms with van der Waals surface area (Å²) in [6.07, 6.45) is -2.54. The average Bonchev–Trinajstić information content (AvgIpc) is 2.51. The lowest BCUT2D eigenvalue weighted by atomic mass is 10.2. The second-order valence-corrected chi connectivity index (χ2v) is 3.58. The molecular formula is C10H14F2N4O. The minimum Gasteiger partial charge on any atom is -0.395 e. The number of nitrogens with zero attached hydrogens (tertiary/aromatic N) is 4. The van der Waals surface area contributed by atoms with Crippen molar-refractivity contribution in [3.05, 3.63) is 11.3 Å². The quantitative estimate of drug-likeness (QED) is 0.826. The van der Waals surface area contributed by atoms with Crippen molar-refractivity contribution in [1.82, 2.24) is 9.78 Å². The molecule has 5 nitrogen and oxygen atoms in total. The first-order valence-electron chi connectivity index (χ1n) is 5.09. The van der Waals surface area contributed by atoms with Crippen LogP contribution in [0.2, 0.25) is 0 Å². The molecule has 0 aromatic carbocycles. The number of nitriles is 1. The molecule has 1 aromatic rings. The maximum atomic E-state index is 12.4. The van der Waals surface area contributed by atoms with Gasteiger partial charge in [-0.15, -0.1) is 0 Å². The van der Waals surface area contributed by atoms with Crippen LogP contribution in [-0.4, -0.2) is 41.0 Å². The van der Waals surface area contributed by atoms with Crippen LogP contribution in [0.5, 0.6) is 0 Å². The van der Waals surface area contributed by atoms with Gasteiger partial charge in [-0.25, -0.2) is 8.78 Å². The van der Waals surface area contributed by atoms with E-state index in [0.717, 1.165) is 0 Å². The Morgan fingerprint density at radius 3 is 2.71 bits per heavy atom. The molecule has 1 N–H and O–H groups in total. The van der Waals surface area contributed by atoms with Crippen molar-refractivity contribution in [3.63, 3.8) is 0 Å². The first-order chi connectivity index (χ1) is 8.01. The molecule has 0 amide bonds. The van der Waals surface area contributed by atoms with Gasteiger partial charge in [-0.2, -0.15) is 10.4 Å². The number of hydrogen-bond acceptors (Lipinski definition) is 4. The van der Waals surface area contributed by atoms with Gasteiger partial charge in [0.25, 0.3) is 6.43 Å². The summed E-state index contributed by atoms with van der Waals surface area (Å²) in [5, 5.41) is 21.9. The van der Waals surface area contributed by atoms with Crippen molar-refractivity contribution in [1.29, 1.82) is 5.26 Å². The van der Waals surface area contributed by atoms with Gasteiger partial charge in [-0.1, -0.05) is 0 Å². The molecule has 0 atom stereocenters. The molecule has 94 valence electrons. The maximum Gasteiger partial charge on any atom is 0.255 e. The van der Waals surface area contributed by atoms with E-state index < -0.39 is 13.0 Å². The van der Waals surface area contributed by atoms with Gasteiger partial charge in [0, 0.05) is 13.6 Å². The second kappa shape index (κ2) is 5.59. The molecule has 1 heterocycles. The van der Waals surface area contributed by atoms with Gasteiger partial charge < -0.3 is 10.0 Å². The summed E-state index contributed by atoms with van der Waals surface area (Å²) in [6, 6.07) is 1.95. The lowest BCUT2D eigenvalue weighted by Gasteiger charge is -2.23. The van der Waals surface area contributed by atoms with Crippen molar-refractivity contribution < 1.29 is 13.9 Å². The van der Waals surface area contributed by atoms with Crippen LogP contribution in [0, 0.1) is 18.3 Å². The summed E-state index contributed by atoms with van der Waals surface area (Å²) in [5.74, 6) is 0.319. The highest BCUT2D eigenvalue weighted by Crippen LogP contribution is 2.22. The normalized spacial score (nSPS) is 10.6. The number of anilines is 1. The van der Waals surface area contributed by atoms with Gasteiger partial charge in [-0.3, -0.25) is 4.68 Å². The van der Waals surface area contributed by atoms with Gasteiger partial charge in [-0.05, 0) is 6.92 Å². The van der Waals surface area contributed by atoms with Crippen molar-refractivity contribution in [2.75, 3.05) is 24.6 Å². The van der Waals surface area contributed by atoms with Gasteiger partial charge in [0.2, 0.25) is 0 Å². The zero-order valence-electron chi connectivity index (χ0n) is 9.69. The third-order valence-electron chi connectivity index (χ3n) is 2.33. The smallest absolute Gasteiger partial charge is 0.255 e. The number of rotatable bonds is 5. The molecule has 0 saturated carbocycles. The van der Waals surface area contributed by atoms with Crippen molar-refractivity contribution in [2.24, 2.45) is 7.05 Å². The number of hydrogen-bond donors (Lipinski definition) is 1. The highest BCUT2D eigenvalue weighted by molar-refractivity contribution is 5.57. The summed E-state index contributed by atoms with van der Waals surface area (Å²) >= 11 is 0. The van der Waals surface area contributed by atoms with Crippen LogP contribution in [0.15, 0.2) is 0 Å². The number of alkyl halides is 2. The van der Waals surface area contributed by atoms with Gasteiger partial charge in [0.05, 0.1) is 18.8 Å². The summed E-state index contributed by atoms with van der Waals surface area (Å²) in [5.41, 5.74) is 0.754. The second-order valence-electron chi connectivity index (χ2n) is 3.58. The van der Waals surface area contributed by atoms with Crippen LogP contribution in [0.4, 0.5) is 14.6 Å². The molecule has 1 aromatic heterocycles. The average molecular weight is 244 g/mol. The molecule has 0 aliphatic carbocycles. The lowest BCUT2D eigenvalue weighted by molar-refractivity contribution is 0.152. The van der Waals surface area contributed by atoms with Crippen molar-refractivity contribution in [2.45, 2.75) is 13.3 Å². The van der Waals surface area contributed by atoms with E-state index in [-0.39, 0.29) is 18.7 Å². The Bertz CT molecular complexity index is 425. The molecule has 0 unspecified atom stereocenters. The molecule has 0 fully saturated rings. The van der Waals surface area contributed by atoms with E-state index in [1.165, 1.54) is 9.58 Å². The highest BCUT2D eigenvalue weighted by atomic mass is 19.3. The topological polar surface area (TPSA) is 65.1 Å². The Labute approximate surface area is 97.9 Å². The first-order valence-corrected chi connectivity index (χ1v) is 5.09. The Balaban J connectivity index is 3.13. The minimum absolute atomic E-state index is 0.0397. The number of aromatic nitrogens is 2. The zero-order chi connectivity index (χ0) is 13.0. The Hall–Kier alpha value is -1.68. The Morgan fingerprint density at radius 2 is 2.24 bits per heavy atom. The summed E-state index contributed by atoms with van der Waals surface area (Å²) < 4.78 is 26.2. The Kier molecular flexibility index (Phi) is 4.40. The van der Waals surface area contributed by atoms with Crippen LogP contribution in [0.1, 0.15) is 11.3 Å². The van der Waals surface area contributed by atoms with E-state index in [1.54, 1.807) is 14.0 Å². The molecular weight excluding hydrogens is 230 g/mol. The van der Waals surface area contributed by atoms with Crippen LogP contribution in [0.3, 0.4) is 0 Å². The van der Waals surface area contributed by atoms with Gasteiger partial charge >= 0.3 is 0 Å². The fourth-order valence-corrected chi connectivity index (χ4v) is 1.71. The van der Waals surface area contributed by atoms with Crippen LogP contribution in [0.25, 0.3) is 0 Å². The number of halogens is 2. The van der Waals surface area contributed by atoms with E-state index in [0.29, 0.717) is 11.5 Å². The van der Waals surface area contributed by atoms with E-state index in [2.05, 4.69) is 5.10 Å². The fourth-order valence-electron chi connectivity index (χ4n) is 1.71. The minimum atomic E-state index is -2.54. The lowest BCUT2D eigenvalue weighted by Crippen LogP contribution is -2.33. The highest BCUT2D eigenvalue weighted by Gasteiger charge is 2.21. The molecule has 0 bridgehead atoms. The zero-order valence-corrected chi connectivity index (χ0v) is 9.69. The maximum absolute atomic E-state index is 12.4. The summed E-state index contributed by atoms with van der Waals surface area (Å²) in [4.78, 5) is 1.27. The number of aliphatic hydroxyl groups excluding tert-OH is 1. The predicted molar refractivity (Wildman–Crippen MR) is 58.0 cm³/mol. The number of aliphatic hydroxyl groups is 1. The van der Waals surface area contributed by atoms with Crippen molar-refractivity contribution in [3.8, 4) is 6.07 Å².